The van der Waals surface area contributed by atoms with Crippen LogP contribution < -0.4 is 10.2 Å². The lowest BCUT2D eigenvalue weighted by molar-refractivity contribution is -0.129. The number of benzene rings is 2. The number of anilines is 1. The first-order chi connectivity index (χ1) is 13.0. The number of rotatable bonds is 4. The summed E-state index contributed by atoms with van der Waals surface area (Å²) in [4.78, 5) is 28.0. The van der Waals surface area contributed by atoms with Crippen molar-refractivity contribution in [2.75, 3.05) is 31.1 Å². The normalized spacial score (nSPS) is 14.8. The summed E-state index contributed by atoms with van der Waals surface area (Å²) in [5, 5.41) is 2.63. The van der Waals surface area contributed by atoms with Gasteiger partial charge in [-0.15, -0.1) is 0 Å². The molecule has 2 amide bonds. The van der Waals surface area contributed by atoms with E-state index in [1.807, 2.05) is 35.2 Å². The highest BCUT2D eigenvalue weighted by Crippen LogP contribution is 2.20. The van der Waals surface area contributed by atoms with E-state index >= 15 is 0 Å². The molecule has 3 rings (SSSR count). The largest absolute Gasteiger partial charge is 0.366 e. The van der Waals surface area contributed by atoms with Gasteiger partial charge in [0.25, 0.3) is 5.91 Å². The molecule has 2 aromatic carbocycles. The van der Waals surface area contributed by atoms with E-state index in [2.05, 4.69) is 5.32 Å². The lowest BCUT2D eigenvalue weighted by Crippen LogP contribution is -2.50. The van der Waals surface area contributed by atoms with Crippen LogP contribution in [-0.4, -0.2) is 42.9 Å². The lowest BCUT2D eigenvalue weighted by Gasteiger charge is -2.36. The Bertz CT molecular complexity index is 844. The Kier molecular flexibility index (Phi) is 5.86. The summed E-state index contributed by atoms with van der Waals surface area (Å²) >= 11 is 0. The maximum absolute atomic E-state index is 14.0. The Morgan fingerprint density at radius 2 is 1.59 bits per heavy atom. The highest BCUT2D eigenvalue weighted by atomic mass is 19.1. The standard InChI is InChI=1S/C21H22FN3O2/c1-16(26)23-19(15-17-7-3-2-4-8-17)21(27)25-13-11-24(12-14-25)20-10-6-5-9-18(20)22/h2-10,15H,11-14H2,1H3,(H,23,26)/b19-15-. The van der Waals surface area contributed by atoms with Crippen LogP contribution >= 0.6 is 0 Å². The van der Waals surface area contributed by atoms with Gasteiger partial charge in [0.1, 0.15) is 11.5 Å². The quantitative estimate of drug-likeness (QED) is 0.846. The summed E-state index contributed by atoms with van der Waals surface area (Å²) in [6.45, 7) is 3.36. The number of para-hydroxylation sites is 1. The van der Waals surface area contributed by atoms with Gasteiger partial charge in [-0.1, -0.05) is 42.5 Å². The first kappa shape index (κ1) is 18.6. The van der Waals surface area contributed by atoms with E-state index in [1.54, 1.807) is 29.2 Å². The van der Waals surface area contributed by atoms with Gasteiger partial charge in [0.05, 0.1) is 5.69 Å². The SMILES string of the molecule is CC(=O)N/C(=C\c1ccccc1)C(=O)N1CCN(c2ccccc2F)CC1. The van der Waals surface area contributed by atoms with Crippen LogP contribution in [0.5, 0.6) is 0 Å². The number of halogens is 1. The molecule has 1 aliphatic rings. The number of carbonyl (C=O) groups is 2. The van der Waals surface area contributed by atoms with Gasteiger partial charge in [-0.2, -0.15) is 0 Å². The van der Waals surface area contributed by atoms with Crippen molar-refractivity contribution in [1.82, 2.24) is 10.2 Å². The summed E-state index contributed by atoms with van der Waals surface area (Å²) in [6, 6.07) is 16.0. The molecule has 0 aliphatic carbocycles. The first-order valence-electron chi connectivity index (χ1n) is 8.87. The smallest absolute Gasteiger partial charge is 0.270 e. The van der Waals surface area contributed by atoms with Crippen molar-refractivity contribution in [2.45, 2.75) is 6.92 Å². The minimum absolute atomic E-state index is 0.234. The highest BCUT2D eigenvalue weighted by molar-refractivity contribution is 6.01. The number of hydrogen-bond donors (Lipinski definition) is 1. The van der Waals surface area contributed by atoms with Crippen LogP contribution in [0.2, 0.25) is 0 Å². The maximum atomic E-state index is 14.0. The van der Waals surface area contributed by atoms with Crippen molar-refractivity contribution in [3.05, 3.63) is 71.7 Å². The second-order valence-corrected chi connectivity index (χ2v) is 6.38. The number of hydrogen-bond acceptors (Lipinski definition) is 3. The molecule has 2 aromatic rings. The summed E-state index contributed by atoms with van der Waals surface area (Å²) in [6.07, 6.45) is 1.67. The van der Waals surface area contributed by atoms with Gasteiger partial charge in [0, 0.05) is 33.1 Å². The zero-order valence-electron chi connectivity index (χ0n) is 15.2. The second-order valence-electron chi connectivity index (χ2n) is 6.38. The number of nitrogens with zero attached hydrogens (tertiary/aromatic N) is 2. The van der Waals surface area contributed by atoms with Crippen molar-refractivity contribution in [2.24, 2.45) is 0 Å². The fourth-order valence-corrected chi connectivity index (χ4v) is 3.09. The molecule has 1 heterocycles. The zero-order chi connectivity index (χ0) is 19.2. The molecule has 1 aliphatic heterocycles. The van der Waals surface area contributed by atoms with Crippen LogP contribution in [0.15, 0.2) is 60.3 Å². The van der Waals surface area contributed by atoms with E-state index in [0.717, 1.165) is 5.56 Å². The molecule has 5 nitrogen and oxygen atoms in total. The second kappa shape index (κ2) is 8.49. The number of piperazine rings is 1. The van der Waals surface area contributed by atoms with E-state index in [9.17, 15) is 14.0 Å². The molecule has 0 radical (unpaired) electrons. The molecule has 0 unspecified atom stereocenters. The van der Waals surface area contributed by atoms with Crippen LogP contribution in [0.25, 0.3) is 6.08 Å². The van der Waals surface area contributed by atoms with Gasteiger partial charge in [0.15, 0.2) is 0 Å². The topological polar surface area (TPSA) is 52.7 Å². The lowest BCUT2D eigenvalue weighted by atomic mass is 10.1. The predicted octanol–water partition coefficient (Wildman–Crippen LogP) is 2.65. The third kappa shape index (κ3) is 4.73. The average Bonchev–Trinajstić information content (AvgIpc) is 2.68. The zero-order valence-corrected chi connectivity index (χ0v) is 15.2. The fraction of sp³-hybridized carbons (Fsp3) is 0.238. The van der Waals surface area contributed by atoms with E-state index in [0.29, 0.717) is 31.9 Å². The third-order valence-electron chi connectivity index (χ3n) is 4.41. The van der Waals surface area contributed by atoms with Crippen LogP contribution in [-0.2, 0) is 9.59 Å². The average molecular weight is 367 g/mol. The van der Waals surface area contributed by atoms with Crippen molar-refractivity contribution in [3.8, 4) is 0 Å². The van der Waals surface area contributed by atoms with E-state index in [1.165, 1.54) is 13.0 Å². The Morgan fingerprint density at radius 3 is 2.22 bits per heavy atom. The Morgan fingerprint density at radius 1 is 0.963 bits per heavy atom. The maximum Gasteiger partial charge on any atom is 0.270 e. The first-order valence-corrected chi connectivity index (χ1v) is 8.87. The molecule has 0 bridgehead atoms. The molecular weight excluding hydrogens is 345 g/mol. The van der Waals surface area contributed by atoms with Crippen molar-refractivity contribution < 1.29 is 14.0 Å². The Hall–Kier alpha value is -3.15. The van der Waals surface area contributed by atoms with Crippen molar-refractivity contribution in [3.63, 3.8) is 0 Å². The van der Waals surface area contributed by atoms with Crippen molar-refractivity contribution in [1.29, 1.82) is 0 Å². The summed E-state index contributed by atoms with van der Waals surface area (Å²) in [5.41, 5.74) is 1.62. The van der Waals surface area contributed by atoms with E-state index < -0.39 is 0 Å². The monoisotopic (exact) mass is 367 g/mol. The van der Waals surface area contributed by atoms with Gasteiger partial charge >= 0.3 is 0 Å². The summed E-state index contributed by atoms with van der Waals surface area (Å²) in [7, 11) is 0. The predicted molar refractivity (Wildman–Crippen MR) is 103 cm³/mol. The number of nitrogens with one attached hydrogen (secondary N) is 1. The van der Waals surface area contributed by atoms with Gasteiger partial charge in [-0.25, -0.2) is 4.39 Å². The minimum Gasteiger partial charge on any atom is -0.366 e. The number of amides is 2. The molecule has 0 aromatic heterocycles. The third-order valence-corrected chi connectivity index (χ3v) is 4.41. The van der Waals surface area contributed by atoms with Gasteiger partial charge < -0.3 is 15.1 Å². The molecule has 0 saturated carbocycles. The minimum atomic E-state index is -0.296. The Balaban J connectivity index is 1.71. The van der Waals surface area contributed by atoms with E-state index in [-0.39, 0.29) is 23.3 Å². The molecule has 0 spiro atoms. The van der Waals surface area contributed by atoms with Crippen LogP contribution in [0, 0.1) is 5.82 Å². The highest BCUT2D eigenvalue weighted by Gasteiger charge is 2.25. The molecule has 27 heavy (non-hydrogen) atoms. The van der Waals surface area contributed by atoms with Gasteiger partial charge in [-0.05, 0) is 23.8 Å². The van der Waals surface area contributed by atoms with Crippen LogP contribution in [0.4, 0.5) is 10.1 Å². The molecule has 140 valence electrons. The Labute approximate surface area is 158 Å². The molecule has 6 heteroatoms. The molecular formula is C21H22FN3O2. The van der Waals surface area contributed by atoms with Gasteiger partial charge in [0.2, 0.25) is 5.91 Å². The number of carbonyl (C=O) groups excluding carboxylic acids is 2. The van der Waals surface area contributed by atoms with Crippen LogP contribution in [0.1, 0.15) is 12.5 Å². The van der Waals surface area contributed by atoms with Crippen molar-refractivity contribution >= 4 is 23.6 Å². The van der Waals surface area contributed by atoms with E-state index in [4.69, 9.17) is 0 Å². The fourth-order valence-electron chi connectivity index (χ4n) is 3.09. The summed E-state index contributed by atoms with van der Waals surface area (Å²) in [5.74, 6) is -0.794. The van der Waals surface area contributed by atoms with Gasteiger partial charge in [-0.3, -0.25) is 9.59 Å². The molecule has 1 N–H and O–H groups in total. The summed E-state index contributed by atoms with van der Waals surface area (Å²) < 4.78 is 14.0. The molecule has 0 atom stereocenters. The molecule has 1 fully saturated rings. The molecule has 1 saturated heterocycles. The van der Waals surface area contributed by atoms with Crippen LogP contribution in [0.3, 0.4) is 0 Å².